The van der Waals surface area contributed by atoms with E-state index in [2.05, 4.69) is 19.7 Å². The Labute approximate surface area is 104 Å². The third-order valence-electron chi connectivity index (χ3n) is 2.34. The first-order valence-corrected chi connectivity index (χ1v) is 5.03. The second-order valence-corrected chi connectivity index (χ2v) is 3.56. The fourth-order valence-electron chi connectivity index (χ4n) is 1.73. The molecule has 1 N–H and O–H groups in total. The van der Waals surface area contributed by atoms with Crippen LogP contribution in [0.1, 0.15) is 6.42 Å². The molecule has 0 fully saturated rings. The normalized spacial score (nSPS) is 10.2. The van der Waals surface area contributed by atoms with Gasteiger partial charge in [-0.2, -0.15) is 0 Å². The Hall–Kier alpha value is -0.380. The summed E-state index contributed by atoms with van der Waals surface area (Å²) >= 11 is 0. The van der Waals surface area contributed by atoms with E-state index in [-0.39, 0.29) is 23.6 Å². The van der Waals surface area contributed by atoms with E-state index in [1.807, 2.05) is 18.2 Å². The van der Waals surface area contributed by atoms with Gasteiger partial charge in [-0.15, -0.1) is 0 Å². The lowest BCUT2D eigenvalue weighted by Gasteiger charge is -2.36. The summed E-state index contributed by atoms with van der Waals surface area (Å²) in [6.45, 7) is 15.2. The molecule has 0 heterocycles. The second kappa shape index (κ2) is 10.1. The van der Waals surface area contributed by atoms with E-state index in [0.29, 0.717) is 0 Å². The number of hydrogen-bond donors (Lipinski definition) is 1. The summed E-state index contributed by atoms with van der Waals surface area (Å²) in [6.07, 6.45) is 6.58. The summed E-state index contributed by atoms with van der Waals surface area (Å²) in [5, 5.41) is 8.85. The molecule has 15 heavy (non-hydrogen) atoms. The molecule has 0 atom stereocenters. The van der Waals surface area contributed by atoms with Crippen molar-refractivity contribution in [1.29, 1.82) is 0 Å². The molecule has 0 aromatic heterocycles. The molecule has 0 saturated carbocycles. The first kappa shape index (κ1) is 17.0. The molecule has 0 aliphatic heterocycles. The summed E-state index contributed by atoms with van der Waals surface area (Å²) in [5.74, 6) is 0. The maximum atomic E-state index is 8.85. The minimum atomic E-state index is 0. The number of hydrogen-bond acceptors (Lipinski definition) is 1. The highest BCUT2D eigenvalue weighted by Gasteiger charge is 2.21. The Balaban J connectivity index is 0. The summed E-state index contributed by atoms with van der Waals surface area (Å²) in [5.41, 5.74) is 0. The molecule has 0 spiro atoms. The van der Waals surface area contributed by atoms with Gasteiger partial charge in [-0.3, -0.25) is 0 Å². The van der Waals surface area contributed by atoms with Crippen molar-refractivity contribution in [1.82, 2.24) is 0 Å². The van der Waals surface area contributed by atoms with Crippen molar-refractivity contribution < 1.29 is 26.6 Å². The molecule has 0 radical (unpaired) electrons. The summed E-state index contributed by atoms with van der Waals surface area (Å²) < 4.78 is 0.872. The number of aliphatic hydroxyl groups excluding tert-OH is 1. The van der Waals surface area contributed by atoms with Gasteiger partial charge in [0.05, 0.1) is 26.2 Å². The van der Waals surface area contributed by atoms with Crippen LogP contribution in [-0.4, -0.2) is 42.4 Å². The van der Waals surface area contributed by atoms with E-state index in [9.17, 15) is 0 Å². The zero-order valence-electron chi connectivity index (χ0n) is 9.37. The maximum absolute atomic E-state index is 8.85. The quantitative estimate of drug-likeness (QED) is 0.412. The average Bonchev–Trinajstić information content (AvgIpc) is 2.16. The minimum Gasteiger partial charge on any atom is -1.00 e. The van der Waals surface area contributed by atoms with Crippen LogP contribution in [-0.2, 0) is 0 Å². The van der Waals surface area contributed by atoms with Crippen LogP contribution in [0.4, 0.5) is 0 Å². The van der Waals surface area contributed by atoms with E-state index in [1.165, 1.54) is 0 Å². The highest BCUT2D eigenvalue weighted by molar-refractivity contribution is 4.76. The van der Waals surface area contributed by atoms with Gasteiger partial charge in [-0.05, 0) is 18.2 Å². The second-order valence-electron chi connectivity index (χ2n) is 3.56. The summed E-state index contributed by atoms with van der Waals surface area (Å²) in [6, 6.07) is 0. The van der Waals surface area contributed by atoms with E-state index < -0.39 is 0 Å². The third-order valence-corrected chi connectivity index (χ3v) is 2.34. The molecule has 0 aromatic carbocycles. The molecule has 3 heteroatoms. The smallest absolute Gasteiger partial charge is 0.0975 e. The Morgan fingerprint density at radius 3 is 1.60 bits per heavy atom. The molecular weight excluding hydrogens is 254 g/mol. The van der Waals surface area contributed by atoms with Gasteiger partial charge in [0, 0.05) is 13.0 Å². The van der Waals surface area contributed by atoms with Gasteiger partial charge in [0.1, 0.15) is 0 Å². The minimum absolute atomic E-state index is 0. The van der Waals surface area contributed by atoms with Gasteiger partial charge in [0.25, 0.3) is 0 Å². The Bertz CT molecular complexity index is 166. The Kier molecular flexibility index (Phi) is 11.5. The van der Waals surface area contributed by atoms with Crippen molar-refractivity contribution in [2.45, 2.75) is 6.42 Å². The highest BCUT2D eigenvalue weighted by Crippen LogP contribution is 2.09. The highest BCUT2D eigenvalue weighted by atomic mass is 79.9. The van der Waals surface area contributed by atoms with Crippen molar-refractivity contribution in [2.75, 3.05) is 32.8 Å². The largest absolute Gasteiger partial charge is 1.00 e. The molecular formula is C12H22BrNO. The molecule has 0 aromatic rings. The predicted octanol–water partition coefficient (Wildman–Crippen LogP) is -1.25. The van der Waals surface area contributed by atoms with Crippen LogP contribution < -0.4 is 17.0 Å². The van der Waals surface area contributed by atoms with Crippen molar-refractivity contribution in [3.63, 3.8) is 0 Å². The molecule has 0 bridgehead atoms. The average molecular weight is 276 g/mol. The molecule has 0 amide bonds. The zero-order chi connectivity index (χ0) is 10.9. The van der Waals surface area contributed by atoms with Gasteiger partial charge in [0.15, 0.2) is 0 Å². The standard InChI is InChI=1S/C12H22NO.BrH/c1-4-8-13(9-5-2,10-6-3)11-7-12-14;/h4-6,14H,1-3,7-12H2;1H/q+1;/p-1. The molecule has 0 unspecified atom stereocenters. The van der Waals surface area contributed by atoms with Crippen LogP contribution in [0.5, 0.6) is 0 Å². The lowest BCUT2D eigenvalue weighted by Crippen LogP contribution is -3.00. The van der Waals surface area contributed by atoms with Crippen LogP contribution in [0.15, 0.2) is 38.0 Å². The van der Waals surface area contributed by atoms with Crippen LogP contribution in [0.2, 0.25) is 0 Å². The Morgan fingerprint density at radius 1 is 0.933 bits per heavy atom. The van der Waals surface area contributed by atoms with Gasteiger partial charge < -0.3 is 26.6 Å². The third kappa shape index (κ3) is 6.66. The van der Waals surface area contributed by atoms with Gasteiger partial charge in [0.2, 0.25) is 0 Å². The van der Waals surface area contributed by atoms with Crippen LogP contribution in [0, 0.1) is 0 Å². The SMILES string of the molecule is C=CC[N+](CC=C)(CC=C)CCCO.[Br-]. The van der Waals surface area contributed by atoms with Crippen molar-refractivity contribution in [3.8, 4) is 0 Å². The molecule has 88 valence electrons. The molecule has 0 rings (SSSR count). The zero-order valence-corrected chi connectivity index (χ0v) is 11.0. The van der Waals surface area contributed by atoms with Gasteiger partial charge in [-0.25, -0.2) is 0 Å². The number of halogens is 1. The maximum Gasteiger partial charge on any atom is 0.0975 e. The molecule has 0 aliphatic carbocycles. The topological polar surface area (TPSA) is 20.2 Å². The van der Waals surface area contributed by atoms with Gasteiger partial charge in [-0.1, -0.05) is 19.7 Å². The summed E-state index contributed by atoms with van der Waals surface area (Å²) in [4.78, 5) is 0. The lowest BCUT2D eigenvalue weighted by atomic mass is 10.2. The number of quaternary nitrogens is 1. The van der Waals surface area contributed by atoms with Crippen LogP contribution in [0.25, 0.3) is 0 Å². The van der Waals surface area contributed by atoms with Crippen molar-refractivity contribution in [3.05, 3.63) is 38.0 Å². The summed E-state index contributed by atoms with van der Waals surface area (Å²) in [7, 11) is 0. The van der Waals surface area contributed by atoms with E-state index in [4.69, 9.17) is 5.11 Å². The first-order chi connectivity index (χ1) is 6.74. The van der Waals surface area contributed by atoms with E-state index >= 15 is 0 Å². The molecule has 2 nitrogen and oxygen atoms in total. The van der Waals surface area contributed by atoms with Gasteiger partial charge >= 0.3 is 0 Å². The molecule has 0 aliphatic rings. The number of aliphatic hydroxyl groups is 1. The van der Waals surface area contributed by atoms with Crippen LogP contribution in [0.3, 0.4) is 0 Å². The molecule has 0 saturated heterocycles. The number of nitrogens with zero attached hydrogens (tertiary/aromatic N) is 1. The number of rotatable bonds is 9. The lowest BCUT2D eigenvalue weighted by molar-refractivity contribution is -0.912. The van der Waals surface area contributed by atoms with Crippen molar-refractivity contribution >= 4 is 0 Å². The monoisotopic (exact) mass is 275 g/mol. The van der Waals surface area contributed by atoms with Crippen LogP contribution >= 0.6 is 0 Å². The fourth-order valence-corrected chi connectivity index (χ4v) is 1.73. The van der Waals surface area contributed by atoms with Crippen molar-refractivity contribution in [2.24, 2.45) is 0 Å². The fraction of sp³-hybridized carbons (Fsp3) is 0.500. The van der Waals surface area contributed by atoms with E-state index in [0.717, 1.165) is 37.1 Å². The predicted molar refractivity (Wildman–Crippen MR) is 62.0 cm³/mol. The van der Waals surface area contributed by atoms with E-state index in [1.54, 1.807) is 0 Å². The first-order valence-electron chi connectivity index (χ1n) is 5.03. The Morgan fingerprint density at radius 2 is 1.33 bits per heavy atom.